The molecule has 0 aliphatic rings. The van der Waals surface area contributed by atoms with Crippen LogP contribution in [0.25, 0.3) is 0 Å². The van der Waals surface area contributed by atoms with Gasteiger partial charge in [-0.1, -0.05) is 122 Å². The molecule has 0 aromatic rings. The van der Waals surface area contributed by atoms with E-state index in [0.717, 1.165) is 38.5 Å². The molecule has 0 aromatic carbocycles. The maximum Gasteiger partial charge on any atom is 0.378 e. The zero-order valence-corrected chi connectivity index (χ0v) is 25.5. The van der Waals surface area contributed by atoms with Crippen LogP contribution in [-0.4, -0.2) is 30.9 Å². The average Bonchev–Trinajstić information content (AvgIpc) is 2.80. The Kier molecular flexibility index (Phi) is 22.5. The first-order valence-corrected chi connectivity index (χ1v) is 16.6. The highest BCUT2D eigenvalue weighted by Crippen LogP contribution is 2.44. The first kappa shape index (κ1) is 34.6. The highest BCUT2D eigenvalue weighted by atomic mass is 31.1. The normalized spacial score (nSPS) is 14.0. The van der Waals surface area contributed by atoms with Gasteiger partial charge in [0.25, 0.3) is 0 Å². The van der Waals surface area contributed by atoms with Crippen LogP contribution in [0.4, 0.5) is 0 Å². The molecule has 35 heavy (non-hydrogen) atoms. The van der Waals surface area contributed by atoms with Crippen molar-refractivity contribution in [1.82, 2.24) is 0 Å². The molecule has 1 unspecified atom stereocenters. The third kappa shape index (κ3) is 17.6. The molecular weight excluding hydrogens is 449 g/mol. The summed E-state index contributed by atoms with van der Waals surface area (Å²) >= 11 is 0. The molecule has 0 aromatic heterocycles. The lowest BCUT2D eigenvalue weighted by atomic mass is 9.99. The molecule has 0 aliphatic carbocycles. The van der Waals surface area contributed by atoms with E-state index >= 15 is 0 Å². The van der Waals surface area contributed by atoms with Crippen LogP contribution in [-0.2, 0) is 9.13 Å². The number of hydrogen-bond donors (Lipinski definition) is 0. The van der Waals surface area contributed by atoms with E-state index in [0.29, 0.717) is 4.48 Å². The predicted octanol–water partition coefficient (Wildman–Crippen LogP) is 11.1. The summed E-state index contributed by atoms with van der Waals surface area (Å²) in [5.74, 6) is 0. The van der Waals surface area contributed by atoms with Gasteiger partial charge >= 0.3 is 7.68 Å². The van der Waals surface area contributed by atoms with E-state index < -0.39 is 13.0 Å². The monoisotopic (exact) mass is 512 g/mol. The number of nitrogens with zero attached hydrogens (tertiary/aromatic N) is 1. The van der Waals surface area contributed by atoms with Crippen molar-refractivity contribution < 1.29 is 13.6 Å². The SMILES string of the molecule is CCCCCCCCCCCCCCCCCC=CCCCCCC(CCC)(P(=O)=O)[N+](C)(C)C. The molecule has 0 fully saturated rings. The lowest BCUT2D eigenvalue weighted by molar-refractivity contribution is -0.908. The quantitative estimate of drug-likeness (QED) is 0.0500. The zero-order chi connectivity index (χ0) is 26.3. The largest absolute Gasteiger partial charge is 0.378 e. The molecule has 0 bridgehead atoms. The van der Waals surface area contributed by atoms with E-state index in [1.165, 1.54) is 109 Å². The lowest BCUT2D eigenvalue weighted by Crippen LogP contribution is -2.53. The number of rotatable bonds is 26. The van der Waals surface area contributed by atoms with Crippen molar-refractivity contribution in [3.05, 3.63) is 12.2 Å². The van der Waals surface area contributed by atoms with Gasteiger partial charge in [0.15, 0.2) is 0 Å². The second-order valence-corrected chi connectivity index (χ2v) is 13.2. The molecule has 0 N–H and O–H groups in total. The summed E-state index contributed by atoms with van der Waals surface area (Å²) in [4.78, 5) is 0. The van der Waals surface area contributed by atoms with Gasteiger partial charge in [0.05, 0.1) is 21.1 Å². The topological polar surface area (TPSA) is 34.1 Å². The van der Waals surface area contributed by atoms with Crippen molar-refractivity contribution in [2.24, 2.45) is 0 Å². The van der Waals surface area contributed by atoms with Crippen LogP contribution in [0.1, 0.15) is 162 Å². The highest BCUT2D eigenvalue weighted by Gasteiger charge is 2.47. The highest BCUT2D eigenvalue weighted by molar-refractivity contribution is 7.32. The van der Waals surface area contributed by atoms with Crippen LogP contribution in [0.2, 0.25) is 0 Å². The summed E-state index contributed by atoms with van der Waals surface area (Å²) in [5, 5.41) is -0.604. The maximum atomic E-state index is 12.1. The Labute approximate surface area is 221 Å². The van der Waals surface area contributed by atoms with Crippen LogP contribution in [0.5, 0.6) is 0 Å². The molecule has 0 aliphatic heterocycles. The Bertz CT molecular complexity index is 557. The van der Waals surface area contributed by atoms with Gasteiger partial charge in [0, 0.05) is 12.8 Å². The summed E-state index contributed by atoms with van der Waals surface area (Å²) in [6.07, 6.45) is 34.1. The third-order valence-electron chi connectivity index (χ3n) is 7.83. The molecule has 0 spiro atoms. The summed E-state index contributed by atoms with van der Waals surface area (Å²) in [5.41, 5.74) is 0. The minimum absolute atomic E-state index is 0.513. The van der Waals surface area contributed by atoms with E-state index in [1.807, 2.05) is 21.1 Å². The molecule has 0 amide bonds. The molecule has 0 rings (SSSR count). The Morgan fingerprint density at radius 1 is 0.514 bits per heavy atom. The molecule has 0 heterocycles. The fourth-order valence-electron chi connectivity index (χ4n) is 5.34. The van der Waals surface area contributed by atoms with Crippen molar-refractivity contribution in [2.45, 2.75) is 167 Å². The minimum Gasteiger partial charge on any atom is -0.314 e. The number of hydrogen-bond acceptors (Lipinski definition) is 2. The fourth-order valence-corrected chi connectivity index (χ4v) is 6.58. The van der Waals surface area contributed by atoms with E-state index in [9.17, 15) is 9.13 Å². The number of unbranched alkanes of at least 4 members (excludes halogenated alkanes) is 18. The third-order valence-corrected chi connectivity index (χ3v) is 9.55. The molecule has 0 saturated heterocycles. The summed E-state index contributed by atoms with van der Waals surface area (Å²) in [6.45, 7) is 4.38. The van der Waals surface area contributed by atoms with Gasteiger partial charge in [-0.3, -0.25) is 0 Å². The van der Waals surface area contributed by atoms with E-state index in [1.54, 1.807) is 0 Å². The van der Waals surface area contributed by atoms with Crippen molar-refractivity contribution in [3.63, 3.8) is 0 Å². The minimum atomic E-state index is -2.43. The van der Waals surface area contributed by atoms with Gasteiger partial charge in [-0.15, -0.1) is 0 Å². The summed E-state index contributed by atoms with van der Waals surface area (Å²) in [6, 6.07) is 0. The average molecular weight is 513 g/mol. The van der Waals surface area contributed by atoms with Crippen molar-refractivity contribution in [2.75, 3.05) is 21.1 Å². The van der Waals surface area contributed by atoms with Gasteiger partial charge in [-0.05, 0) is 38.5 Å². The number of quaternary nitrogens is 1. The Morgan fingerprint density at radius 2 is 0.886 bits per heavy atom. The van der Waals surface area contributed by atoms with Crippen molar-refractivity contribution in [1.29, 1.82) is 0 Å². The molecule has 1 atom stereocenters. The summed E-state index contributed by atoms with van der Waals surface area (Å²) in [7, 11) is 3.66. The second-order valence-electron chi connectivity index (χ2n) is 11.8. The predicted molar refractivity (Wildman–Crippen MR) is 156 cm³/mol. The van der Waals surface area contributed by atoms with Crippen LogP contribution in [0.3, 0.4) is 0 Å². The summed E-state index contributed by atoms with van der Waals surface area (Å²) < 4.78 is 24.7. The van der Waals surface area contributed by atoms with Gasteiger partial charge < -0.3 is 4.48 Å². The van der Waals surface area contributed by atoms with E-state index in [4.69, 9.17) is 0 Å². The van der Waals surface area contributed by atoms with Gasteiger partial charge in [-0.2, -0.15) is 0 Å². The standard InChI is InChI=1S/C31H63NO2P/c1-6-8-9-10-11-12-13-14-15-16-17-18-19-20-21-22-23-24-25-26-27-28-30-31(29-7-2,35(33)34)32(3,4)5/h23-24H,6-22,25-30H2,1-5H3/q+1. The first-order valence-electron chi connectivity index (χ1n) is 15.4. The smallest absolute Gasteiger partial charge is 0.314 e. The Balaban J connectivity index is 3.57. The van der Waals surface area contributed by atoms with Crippen molar-refractivity contribution in [3.8, 4) is 0 Å². The second kappa shape index (κ2) is 22.8. The zero-order valence-electron chi connectivity index (χ0n) is 24.6. The molecule has 4 heteroatoms. The van der Waals surface area contributed by atoms with Crippen LogP contribution in [0, 0.1) is 0 Å². The lowest BCUT2D eigenvalue weighted by Gasteiger charge is -2.41. The maximum absolute atomic E-state index is 12.1. The Morgan fingerprint density at radius 3 is 1.23 bits per heavy atom. The van der Waals surface area contributed by atoms with Crippen LogP contribution < -0.4 is 0 Å². The van der Waals surface area contributed by atoms with Gasteiger partial charge in [0.1, 0.15) is 0 Å². The van der Waals surface area contributed by atoms with Gasteiger partial charge in [-0.25, -0.2) is 9.13 Å². The molecule has 0 saturated carbocycles. The molecular formula is C31H63NO2P+. The van der Waals surface area contributed by atoms with Crippen LogP contribution >= 0.6 is 7.68 Å². The first-order chi connectivity index (χ1) is 16.8. The molecule has 0 radical (unpaired) electrons. The van der Waals surface area contributed by atoms with Gasteiger partial charge in [0.2, 0.25) is 5.28 Å². The fraction of sp³-hybridized carbons (Fsp3) is 0.935. The van der Waals surface area contributed by atoms with Crippen molar-refractivity contribution >= 4 is 7.68 Å². The van der Waals surface area contributed by atoms with E-state index in [-0.39, 0.29) is 0 Å². The van der Waals surface area contributed by atoms with E-state index in [2.05, 4.69) is 26.0 Å². The van der Waals surface area contributed by atoms with Crippen LogP contribution in [0.15, 0.2) is 12.2 Å². The number of allylic oxidation sites excluding steroid dienone is 2. The molecule has 3 nitrogen and oxygen atoms in total. The Hall–Kier alpha value is -0.400. The molecule has 208 valence electrons.